The molecule has 4 aliphatic heterocycles. The summed E-state index contributed by atoms with van der Waals surface area (Å²) in [6.07, 6.45) is -8.33. The van der Waals surface area contributed by atoms with Crippen LogP contribution >= 0.6 is 43.2 Å². The summed E-state index contributed by atoms with van der Waals surface area (Å²) in [5.74, 6) is 11.1. The van der Waals surface area contributed by atoms with Crippen LogP contribution in [-0.2, 0) is 47.5 Å². The summed E-state index contributed by atoms with van der Waals surface area (Å²) >= 11 is 0.862. The minimum absolute atomic E-state index is 0.0531. The van der Waals surface area contributed by atoms with Crippen molar-refractivity contribution in [1.29, 1.82) is 0 Å². The number of nitrogens with one attached hydrogen (secondary N) is 2. The molecule has 5 fully saturated rings. The summed E-state index contributed by atoms with van der Waals surface area (Å²) < 4.78 is 68.0. The number of likely N-dealkylation sites (N-methyl/N-ethyl adjacent to an activating group) is 1. The van der Waals surface area contributed by atoms with Crippen molar-refractivity contribution in [1.82, 2.24) is 10.8 Å². The largest absolute Gasteiger partial charge is 0.492 e. The highest BCUT2D eigenvalue weighted by Gasteiger charge is 2.55. The normalized spacial score (nSPS) is 38.9. The van der Waals surface area contributed by atoms with Crippen LogP contribution in [0, 0.1) is 61.2 Å². The summed E-state index contributed by atoms with van der Waals surface area (Å²) in [4.78, 5) is 34.8. The van der Waals surface area contributed by atoms with E-state index in [4.69, 9.17) is 56.9 Å². The topological polar surface area (TPSA) is 270 Å². The lowest BCUT2D eigenvalue weighted by Crippen LogP contribution is -2.65. The Morgan fingerprint density at radius 3 is 2.19 bits per heavy atom. The Balaban J connectivity index is 1.11. The summed E-state index contributed by atoms with van der Waals surface area (Å²) in [5, 5.41) is 60.9. The molecule has 470 valence electrons. The zero-order chi connectivity index (χ0) is 61.3. The maximum atomic E-state index is 14.5. The summed E-state index contributed by atoms with van der Waals surface area (Å²) in [6.45, 7) is 17.0. The van der Waals surface area contributed by atoms with Gasteiger partial charge in [-0.15, -0.1) is 0 Å². The first-order valence-corrected chi connectivity index (χ1v) is 33.4. The predicted molar refractivity (Wildman–Crippen MR) is 320 cm³/mol. The lowest BCUT2D eigenvalue weighted by atomic mass is 9.70. The van der Waals surface area contributed by atoms with Crippen molar-refractivity contribution < 1.29 is 92.1 Å². The number of benzene rings is 1. The molecule has 1 aromatic rings. The highest BCUT2D eigenvalue weighted by atomic mass is 33.5. The first kappa shape index (κ1) is 68.8. The molecule has 0 spiro atoms. The van der Waals surface area contributed by atoms with E-state index in [9.17, 15) is 35.1 Å². The lowest BCUT2D eigenvalue weighted by Gasteiger charge is -2.47. The summed E-state index contributed by atoms with van der Waals surface area (Å²) in [7, 11) is 10.6. The van der Waals surface area contributed by atoms with Crippen molar-refractivity contribution >= 4 is 54.1 Å². The van der Waals surface area contributed by atoms with E-state index in [1.165, 1.54) is 21.3 Å². The van der Waals surface area contributed by atoms with Crippen molar-refractivity contribution in [2.24, 2.45) is 23.7 Å². The molecule has 1 saturated carbocycles. The molecule has 7 rings (SSSR count). The number of rotatable bonds is 22. The van der Waals surface area contributed by atoms with E-state index in [2.05, 4.69) is 34.5 Å². The van der Waals surface area contributed by atoms with Crippen molar-refractivity contribution in [2.45, 2.75) is 197 Å². The Labute approximate surface area is 509 Å². The van der Waals surface area contributed by atoms with Crippen LogP contribution in [0.3, 0.4) is 0 Å². The van der Waals surface area contributed by atoms with Gasteiger partial charge in [0.1, 0.15) is 42.4 Å². The zero-order valence-electron chi connectivity index (χ0n) is 50.3. The van der Waals surface area contributed by atoms with Crippen LogP contribution in [0.4, 0.5) is 0 Å². The Hall–Kier alpha value is -2.68. The number of allylic oxidation sites excluding steroid dienone is 2. The van der Waals surface area contributed by atoms with Gasteiger partial charge in [-0.2, -0.15) is 5.48 Å². The molecule has 6 aliphatic rings. The first-order chi connectivity index (χ1) is 40.1. The quantitative estimate of drug-likeness (QED) is 0.0270. The molecule has 21 nitrogen and oxygen atoms in total. The molecule has 4 saturated heterocycles. The molecule has 0 amide bonds. The van der Waals surface area contributed by atoms with Gasteiger partial charge in [-0.1, -0.05) is 90.8 Å². The SMILES string of the molecule is CCN[C@H]1CO[C@@H](O[C@H]2[C@H](O[C@H]3C#C/C=C\C#CC4C(C)C(=O)C[C@@](O)(C(C)C)/C(=C/CSSSC)C43)O[C@H](C)[C@@H](NO[C@H]3C[C@H](O)[C@H](SC(=O)c4c(C)c(C)c(O[C@@H]5O[C@@H](C)[C@H](O)[C@@H](OC)[C@H]5O)c(OC)c4OC)[C@@H](C)O3)[C@@H]2O)C[C@@H]1OC. The van der Waals surface area contributed by atoms with Crippen molar-refractivity contribution in [3.63, 3.8) is 0 Å². The monoisotopic (exact) mass is 1250 g/mol. The van der Waals surface area contributed by atoms with Gasteiger partial charge < -0.3 is 83.0 Å². The fourth-order valence-electron chi connectivity index (χ4n) is 11.8. The molecule has 0 radical (unpaired) electrons. The van der Waals surface area contributed by atoms with E-state index in [0.29, 0.717) is 29.0 Å². The van der Waals surface area contributed by atoms with E-state index in [-0.39, 0.29) is 72.5 Å². The number of hydroxylamine groups is 1. The number of Topliss-reactive ketones (excluding diaryl/α,β-unsaturated/α-hetero) is 1. The third-order valence-electron chi connectivity index (χ3n) is 16.8. The fourth-order valence-corrected chi connectivity index (χ4v) is 15.3. The van der Waals surface area contributed by atoms with Crippen LogP contribution < -0.4 is 25.0 Å². The minimum atomic E-state index is -1.57. The number of aliphatic hydroxyl groups excluding tert-OH is 4. The van der Waals surface area contributed by atoms with Crippen molar-refractivity contribution in [3.8, 4) is 40.9 Å². The maximum Gasteiger partial charge on any atom is 0.229 e. The summed E-state index contributed by atoms with van der Waals surface area (Å²) in [5.41, 5.74) is 3.12. The molecular formula is C59H86N2O19S4. The van der Waals surface area contributed by atoms with Crippen LogP contribution in [0.2, 0.25) is 0 Å². The second kappa shape index (κ2) is 31.2. The molecular weight excluding hydrogens is 1170 g/mol. The van der Waals surface area contributed by atoms with Gasteiger partial charge >= 0.3 is 0 Å². The molecule has 4 heterocycles. The number of hydrogen-bond donors (Lipinski definition) is 7. The standard InChI is InChI=1S/C59H86N2O19S4/c1-15-60-37-27-73-42(25-41(37)69-10)78-53-48(65)46(32(7)75-58(53)77-40-21-19-17-16-18-20-35-31(6)39(63)26-59(68,28(2)3)36(45(35)40)22-23-82-84-81-14)61-80-43-24-38(62)55(34(9)74-43)83-56(67)44-29(4)30(5)50(54(72-13)51(44)70-11)79-57-49(66)52(71-12)47(64)33(8)76-57/h16-17,22,28,31-35,37-38,40-43,45-49,52-53,55,57-58,60-62,64-66,68H,15,23-27H2,1-14H3/b17-16-,36-22+/t31?,32-,33+,34-,35?,37+,38+,40+,41+,42+,43+,45?,46-,47+,48+,49-,52-,53-,55-,57+,58+,59-/m1/s1. The number of hydrogen-bond acceptors (Lipinski definition) is 25. The number of ketones is 1. The Bertz CT molecular complexity index is 2580. The van der Waals surface area contributed by atoms with Gasteiger partial charge in [0.15, 0.2) is 30.4 Å². The number of carbonyl (C=O) groups is 2. The Morgan fingerprint density at radius 2 is 1.55 bits per heavy atom. The average molecular weight is 1260 g/mol. The van der Waals surface area contributed by atoms with Crippen LogP contribution in [-0.4, -0.2) is 205 Å². The fraction of sp³-hybridized carbons (Fsp3) is 0.729. The van der Waals surface area contributed by atoms with Crippen molar-refractivity contribution in [3.05, 3.63) is 40.5 Å². The predicted octanol–water partition coefficient (Wildman–Crippen LogP) is 4.82. The molecule has 3 unspecified atom stereocenters. The van der Waals surface area contributed by atoms with Gasteiger partial charge in [0, 0.05) is 57.0 Å². The summed E-state index contributed by atoms with van der Waals surface area (Å²) in [6, 6.07) is -1.13. The number of aliphatic hydroxyl groups is 5. The van der Waals surface area contributed by atoms with Crippen LogP contribution in [0.1, 0.15) is 89.2 Å². The highest BCUT2D eigenvalue weighted by molar-refractivity contribution is 9.09. The molecule has 22 atom stereocenters. The molecule has 1 aromatic carbocycles. The van der Waals surface area contributed by atoms with Crippen LogP contribution in [0.15, 0.2) is 23.8 Å². The average Bonchev–Trinajstić information content (AvgIpc) is 1.83. The molecule has 0 aromatic heterocycles. The molecule has 0 bridgehead atoms. The minimum Gasteiger partial charge on any atom is -0.492 e. The second-order valence-corrected chi connectivity index (χ2v) is 27.7. The Morgan fingerprint density at radius 1 is 0.845 bits per heavy atom. The van der Waals surface area contributed by atoms with Gasteiger partial charge in [0.25, 0.3) is 0 Å². The highest BCUT2D eigenvalue weighted by Crippen LogP contribution is 2.50. The van der Waals surface area contributed by atoms with E-state index < -0.39 is 126 Å². The number of methoxy groups -OCH3 is 4. The van der Waals surface area contributed by atoms with Crippen LogP contribution in [0.25, 0.3) is 0 Å². The lowest BCUT2D eigenvalue weighted by molar-refractivity contribution is -0.340. The molecule has 7 N–H and O–H groups in total. The Kier molecular flexibility index (Phi) is 25.5. The molecule has 84 heavy (non-hydrogen) atoms. The third kappa shape index (κ3) is 15.3. The van der Waals surface area contributed by atoms with Gasteiger partial charge in [-0.25, -0.2) is 0 Å². The number of ether oxygens (including phenoxy) is 11. The van der Waals surface area contributed by atoms with Gasteiger partial charge in [0.2, 0.25) is 17.2 Å². The van der Waals surface area contributed by atoms with E-state index in [1.807, 2.05) is 40.0 Å². The number of thioether (sulfide) groups is 1. The maximum absolute atomic E-state index is 14.5. The third-order valence-corrected chi connectivity index (χ3v) is 21.9. The number of fused-ring (bicyclic) bond motifs is 1. The molecule has 2 aliphatic carbocycles. The van der Waals surface area contributed by atoms with E-state index >= 15 is 0 Å². The van der Waals surface area contributed by atoms with Gasteiger partial charge in [0.05, 0.1) is 79.8 Å². The first-order valence-electron chi connectivity index (χ1n) is 28.5. The van der Waals surface area contributed by atoms with Crippen LogP contribution in [0.5, 0.6) is 17.2 Å². The van der Waals surface area contributed by atoms with E-state index in [1.54, 1.807) is 85.3 Å². The zero-order valence-corrected chi connectivity index (χ0v) is 53.5. The van der Waals surface area contributed by atoms with Crippen molar-refractivity contribution in [2.75, 3.05) is 53.6 Å². The van der Waals surface area contributed by atoms with Gasteiger partial charge in [-0.05, 0) is 92.0 Å². The molecule has 25 heteroatoms. The second-order valence-electron chi connectivity index (χ2n) is 22.2. The van der Waals surface area contributed by atoms with Gasteiger partial charge in [-0.3, -0.25) is 14.4 Å². The smallest absolute Gasteiger partial charge is 0.229 e. The number of carbonyl (C=O) groups excluding carboxylic acids is 2. The van der Waals surface area contributed by atoms with E-state index in [0.717, 1.165) is 11.8 Å².